The fourth-order valence-electron chi connectivity index (χ4n) is 4.06. The molecule has 2 aromatic rings. The normalized spacial score (nSPS) is 17.2. The maximum Gasteiger partial charge on any atom is 0.410 e. The number of carbonyl (C=O) groups excluding carboxylic acids is 2. The quantitative estimate of drug-likeness (QED) is 0.709. The van der Waals surface area contributed by atoms with Gasteiger partial charge in [0.15, 0.2) is 0 Å². The van der Waals surface area contributed by atoms with E-state index in [-0.39, 0.29) is 30.7 Å². The Labute approximate surface area is 193 Å². The number of carbonyl (C=O) groups is 2. The summed E-state index contributed by atoms with van der Waals surface area (Å²) in [5, 5.41) is 13.3. The molecule has 1 saturated heterocycles. The van der Waals surface area contributed by atoms with Crippen LogP contribution in [0.2, 0.25) is 0 Å². The third-order valence-electron chi connectivity index (χ3n) is 5.81. The molecule has 3 heterocycles. The van der Waals surface area contributed by atoms with E-state index in [0.717, 1.165) is 31.2 Å². The minimum atomic E-state index is -0.521. The molecule has 2 aliphatic rings. The maximum absolute atomic E-state index is 13.4. The Balaban J connectivity index is 1.40. The van der Waals surface area contributed by atoms with Crippen LogP contribution in [0.5, 0.6) is 0 Å². The number of ether oxygens (including phenoxy) is 1. The van der Waals surface area contributed by atoms with Gasteiger partial charge in [-0.25, -0.2) is 19.4 Å². The molecule has 0 bridgehead atoms. The van der Waals surface area contributed by atoms with Gasteiger partial charge in [0.05, 0.1) is 11.8 Å². The highest BCUT2D eigenvalue weighted by Crippen LogP contribution is 2.33. The van der Waals surface area contributed by atoms with Gasteiger partial charge in [-0.15, -0.1) is 0 Å². The Kier molecular flexibility index (Phi) is 6.64. The van der Waals surface area contributed by atoms with Gasteiger partial charge >= 0.3 is 6.09 Å². The van der Waals surface area contributed by atoms with E-state index in [9.17, 15) is 9.59 Å². The van der Waals surface area contributed by atoms with Gasteiger partial charge in [-0.1, -0.05) is 0 Å². The van der Waals surface area contributed by atoms with E-state index in [1.54, 1.807) is 29.7 Å². The summed E-state index contributed by atoms with van der Waals surface area (Å²) in [5.74, 6) is 0.306. The van der Waals surface area contributed by atoms with Gasteiger partial charge in [-0.3, -0.25) is 4.79 Å². The molecule has 0 spiro atoms. The van der Waals surface area contributed by atoms with E-state index in [0.29, 0.717) is 31.0 Å². The van der Waals surface area contributed by atoms with Gasteiger partial charge in [0.25, 0.3) is 5.91 Å². The summed E-state index contributed by atoms with van der Waals surface area (Å²) in [4.78, 5) is 38.1. The zero-order valence-electron chi connectivity index (χ0n) is 19.5. The number of likely N-dealkylation sites (tertiary alicyclic amines) is 1. The van der Waals surface area contributed by atoms with Gasteiger partial charge in [0.1, 0.15) is 5.60 Å². The highest BCUT2D eigenvalue weighted by atomic mass is 16.6. The molecule has 2 amide bonds. The van der Waals surface area contributed by atoms with Crippen molar-refractivity contribution in [3.63, 3.8) is 0 Å². The number of aliphatic hydroxyl groups is 1. The molecule has 1 aliphatic heterocycles. The van der Waals surface area contributed by atoms with Gasteiger partial charge in [-0.2, -0.15) is 5.10 Å². The lowest BCUT2D eigenvalue weighted by molar-refractivity contribution is 0.0142. The van der Waals surface area contributed by atoms with E-state index in [4.69, 9.17) is 9.84 Å². The summed E-state index contributed by atoms with van der Waals surface area (Å²) >= 11 is 0. The van der Waals surface area contributed by atoms with Crippen LogP contribution >= 0.6 is 0 Å². The maximum atomic E-state index is 13.4. The summed E-state index contributed by atoms with van der Waals surface area (Å²) in [7, 11) is 0. The zero-order valence-corrected chi connectivity index (χ0v) is 19.5. The smallest absolute Gasteiger partial charge is 0.410 e. The second-order valence-corrected chi connectivity index (χ2v) is 9.68. The molecule has 1 aliphatic carbocycles. The standard InChI is InChI=1S/C23H32N6O4/c1-23(2,3)33-22(32)27-9-6-19(7-10-27)29(18-4-5-18)20(31)17-13-24-21(25-14-17)28-15-16(8-11-30)12-26-28/h12-15,18-19,30H,4-11H2,1-3H3. The Morgan fingerprint density at radius 3 is 2.30 bits per heavy atom. The van der Waals surface area contributed by atoms with E-state index in [2.05, 4.69) is 15.1 Å². The van der Waals surface area contributed by atoms with Crippen molar-refractivity contribution >= 4 is 12.0 Å². The number of aliphatic hydroxyl groups excluding tert-OH is 1. The number of amides is 2. The second kappa shape index (κ2) is 9.46. The minimum absolute atomic E-state index is 0.0493. The summed E-state index contributed by atoms with van der Waals surface area (Å²) in [6, 6.07) is 0.318. The monoisotopic (exact) mass is 456 g/mol. The molecule has 0 unspecified atom stereocenters. The fraction of sp³-hybridized carbons (Fsp3) is 0.609. The lowest BCUT2D eigenvalue weighted by Crippen LogP contribution is -2.50. The van der Waals surface area contributed by atoms with Crippen molar-refractivity contribution in [2.45, 2.75) is 70.6 Å². The molecule has 1 saturated carbocycles. The Morgan fingerprint density at radius 1 is 1.09 bits per heavy atom. The third-order valence-corrected chi connectivity index (χ3v) is 5.81. The molecule has 10 nitrogen and oxygen atoms in total. The third kappa shape index (κ3) is 5.68. The Hall–Kier alpha value is -3.01. The van der Waals surface area contributed by atoms with E-state index in [1.807, 2.05) is 25.7 Å². The molecule has 1 N–H and O–H groups in total. The fourth-order valence-corrected chi connectivity index (χ4v) is 4.06. The largest absolute Gasteiger partial charge is 0.444 e. The van der Waals surface area contributed by atoms with Crippen LogP contribution in [0.15, 0.2) is 24.8 Å². The number of hydrogen-bond acceptors (Lipinski definition) is 7. The molecule has 0 aromatic carbocycles. The first-order valence-electron chi connectivity index (χ1n) is 11.5. The van der Waals surface area contributed by atoms with Crippen molar-refractivity contribution in [2.24, 2.45) is 0 Å². The Bertz CT molecular complexity index is 972. The molecule has 10 heteroatoms. The van der Waals surface area contributed by atoms with Crippen molar-refractivity contribution in [3.05, 3.63) is 35.9 Å². The van der Waals surface area contributed by atoms with Gasteiger partial charge in [0, 0.05) is 50.4 Å². The van der Waals surface area contributed by atoms with E-state index < -0.39 is 5.60 Å². The Morgan fingerprint density at radius 2 is 1.73 bits per heavy atom. The average molecular weight is 457 g/mol. The van der Waals surface area contributed by atoms with Crippen molar-refractivity contribution in [1.29, 1.82) is 0 Å². The minimum Gasteiger partial charge on any atom is -0.444 e. The van der Waals surface area contributed by atoms with Crippen LogP contribution in [-0.2, 0) is 11.2 Å². The molecule has 33 heavy (non-hydrogen) atoms. The number of nitrogens with zero attached hydrogens (tertiary/aromatic N) is 6. The summed E-state index contributed by atoms with van der Waals surface area (Å²) in [6.45, 7) is 6.77. The van der Waals surface area contributed by atoms with Crippen LogP contribution in [0.25, 0.3) is 5.95 Å². The molecule has 4 rings (SSSR count). The summed E-state index contributed by atoms with van der Waals surface area (Å²) in [6.07, 6.45) is 10.2. The van der Waals surface area contributed by atoms with E-state index >= 15 is 0 Å². The van der Waals surface area contributed by atoms with Crippen LogP contribution in [-0.4, -0.2) is 84.0 Å². The molecule has 0 atom stereocenters. The first-order valence-corrected chi connectivity index (χ1v) is 11.5. The molecule has 178 valence electrons. The van der Waals surface area contributed by atoms with Crippen LogP contribution in [0.3, 0.4) is 0 Å². The second-order valence-electron chi connectivity index (χ2n) is 9.68. The van der Waals surface area contributed by atoms with Crippen LogP contribution in [0.4, 0.5) is 4.79 Å². The topological polar surface area (TPSA) is 114 Å². The summed E-state index contributed by atoms with van der Waals surface area (Å²) in [5.41, 5.74) is 0.814. The molecular formula is C23H32N6O4. The zero-order chi connectivity index (χ0) is 23.6. The SMILES string of the molecule is CC(C)(C)OC(=O)N1CCC(N(C(=O)c2cnc(-n3cc(CCO)cn3)nc2)C2CC2)CC1. The first-order chi connectivity index (χ1) is 15.7. The van der Waals surface area contributed by atoms with Crippen LogP contribution in [0, 0.1) is 0 Å². The lowest BCUT2D eigenvalue weighted by Gasteiger charge is -2.39. The van der Waals surface area contributed by atoms with Crippen molar-refractivity contribution in [1.82, 2.24) is 29.5 Å². The van der Waals surface area contributed by atoms with E-state index in [1.165, 1.54) is 4.68 Å². The highest BCUT2D eigenvalue weighted by molar-refractivity contribution is 5.94. The molecule has 0 radical (unpaired) electrons. The molecule has 2 fully saturated rings. The lowest BCUT2D eigenvalue weighted by atomic mass is 10.0. The predicted molar refractivity (Wildman–Crippen MR) is 120 cm³/mol. The van der Waals surface area contributed by atoms with Crippen molar-refractivity contribution in [3.8, 4) is 5.95 Å². The van der Waals surface area contributed by atoms with Crippen molar-refractivity contribution < 1.29 is 19.4 Å². The van der Waals surface area contributed by atoms with Gasteiger partial charge < -0.3 is 19.6 Å². The van der Waals surface area contributed by atoms with Crippen LogP contribution in [0.1, 0.15) is 62.4 Å². The van der Waals surface area contributed by atoms with Crippen LogP contribution < -0.4 is 0 Å². The number of rotatable bonds is 6. The number of hydrogen-bond donors (Lipinski definition) is 1. The highest BCUT2D eigenvalue weighted by Gasteiger charge is 2.40. The predicted octanol–water partition coefficient (Wildman–Crippen LogP) is 2.20. The molecular weight excluding hydrogens is 424 g/mol. The molecule has 2 aromatic heterocycles. The van der Waals surface area contributed by atoms with Crippen molar-refractivity contribution in [2.75, 3.05) is 19.7 Å². The average Bonchev–Trinajstić information content (AvgIpc) is 3.50. The number of piperidine rings is 1. The number of aromatic nitrogens is 4. The van der Waals surface area contributed by atoms with Gasteiger partial charge in [-0.05, 0) is 58.4 Å². The first kappa shape index (κ1) is 23.2. The summed E-state index contributed by atoms with van der Waals surface area (Å²) < 4.78 is 7.01. The van der Waals surface area contributed by atoms with Gasteiger partial charge in [0.2, 0.25) is 5.95 Å².